The highest BCUT2D eigenvalue weighted by Gasteiger charge is 2.17. The van der Waals surface area contributed by atoms with Crippen LogP contribution in [-0.4, -0.2) is 35.5 Å². The van der Waals surface area contributed by atoms with Gasteiger partial charge in [0.15, 0.2) is 11.6 Å². The zero-order valence-electron chi connectivity index (χ0n) is 11.4. The van der Waals surface area contributed by atoms with Crippen LogP contribution in [-0.2, 0) is 16.0 Å². The predicted molar refractivity (Wildman–Crippen MR) is 69.1 cm³/mol. The van der Waals surface area contributed by atoms with E-state index in [0.717, 1.165) is 12.1 Å². The summed E-state index contributed by atoms with van der Waals surface area (Å²) < 4.78 is 25.7. The van der Waals surface area contributed by atoms with E-state index in [1.165, 1.54) is 24.9 Å². The van der Waals surface area contributed by atoms with Gasteiger partial charge in [0.05, 0.1) is 5.92 Å². The van der Waals surface area contributed by atoms with E-state index in [2.05, 4.69) is 0 Å². The minimum absolute atomic E-state index is 0.117. The van der Waals surface area contributed by atoms with Crippen LogP contribution >= 0.6 is 0 Å². The van der Waals surface area contributed by atoms with Crippen LogP contribution in [0.15, 0.2) is 18.2 Å². The molecule has 0 saturated carbocycles. The van der Waals surface area contributed by atoms with Gasteiger partial charge in [-0.05, 0) is 24.1 Å². The van der Waals surface area contributed by atoms with Crippen LogP contribution < -0.4 is 0 Å². The van der Waals surface area contributed by atoms with E-state index in [1.54, 1.807) is 0 Å². The maximum absolute atomic E-state index is 13.0. The van der Waals surface area contributed by atoms with Gasteiger partial charge in [-0.1, -0.05) is 13.0 Å². The first kappa shape index (κ1) is 16.1. The van der Waals surface area contributed by atoms with Crippen molar-refractivity contribution in [1.29, 1.82) is 0 Å². The molecule has 0 bridgehead atoms. The molecule has 0 heterocycles. The van der Waals surface area contributed by atoms with E-state index in [9.17, 15) is 18.4 Å². The Morgan fingerprint density at radius 3 is 2.50 bits per heavy atom. The predicted octanol–water partition coefficient (Wildman–Crippen LogP) is 2.08. The Bertz CT molecular complexity index is 505. The van der Waals surface area contributed by atoms with Crippen molar-refractivity contribution in [1.82, 2.24) is 4.90 Å². The minimum Gasteiger partial charge on any atom is -0.481 e. The number of carbonyl (C=O) groups excluding carboxylic acids is 1. The van der Waals surface area contributed by atoms with Crippen molar-refractivity contribution in [2.24, 2.45) is 5.92 Å². The van der Waals surface area contributed by atoms with Gasteiger partial charge in [-0.3, -0.25) is 9.59 Å². The number of carbonyl (C=O) groups is 2. The van der Waals surface area contributed by atoms with Crippen molar-refractivity contribution < 1.29 is 23.5 Å². The van der Waals surface area contributed by atoms with Gasteiger partial charge in [-0.2, -0.15) is 0 Å². The second kappa shape index (κ2) is 6.98. The third kappa shape index (κ3) is 4.60. The summed E-state index contributed by atoms with van der Waals surface area (Å²) in [6.45, 7) is 1.63. The molecule has 0 saturated heterocycles. The molecule has 110 valence electrons. The number of amides is 1. The molecule has 0 aliphatic heterocycles. The van der Waals surface area contributed by atoms with Crippen LogP contribution in [0.3, 0.4) is 0 Å². The first-order chi connectivity index (χ1) is 9.31. The maximum atomic E-state index is 13.0. The lowest BCUT2D eigenvalue weighted by atomic mass is 10.1. The monoisotopic (exact) mass is 285 g/mol. The minimum atomic E-state index is -0.967. The molecule has 1 unspecified atom stereocenters. The van der Waals surface area contributed by atoms with E-state index in [-0.39, 0.29) is 25.3 Å². The zero-order valence-corrected chi connectivity index (χ0v) is 11.4. The molecule has 0 radical (unpaired) electrons. The van der Waals surface area contributed by atoms with Gasteiger partial charge in [0.1, 0.15) is 0 Å². The summed E-state index contributed by atoms with van der Waals surface area (Å²) in [5.41, 5.74) is 0.525. The highest BCUT2D eigenvalue weighted by Crippen LogP contribution is 2.11. The van der Waals surface area contributed by atoms with E-state index in [4.69, 9.17) is 5.11 Å². The Morgan fingerprint density at radius 1 is 1.30 bits per heavy atom. The molecule has 0 aliphatic carbocycles. The molecule has 1 N–H and O–H groups in total. The summed E-state index contributed by atoms with van der Waals surface area (Å²) in [7, 11) is 1.52. The SMILES string of the molecule is CC(CN(C)C(=O)CCc1ccc(F)c(F)c1)C(=O)O. The fourth-order valence-corrected chi connectivity index (χ4v) is 1.73. The molecule has 6 heteroatoms. The molecule has 20 heavy (non-hydrogen) atoms. The average Bonchev–Trinajstić information content (AvgIpc) is 2.39. The molecule has 0 spiro atoms. The maximum Gasteiger partial charge on any atom is 0.308 e. The van der Waals surface area contributed by atoms with E-state index in [0.29, 0.717) is 5.56 Å². The van der Waals surface area contributed by atoms with E-state index < -0.39 is 23.5 Å². The molecule has 0 aliphatic rings. The lowest BCUT2D eigenvalue weighted by molar-refractivity contribution is -0.142. The van der Waals surface area contributed by atoms with Gasteiger partial charge in [-0.25, -0.2) is 8.78 Å². The quantitative estimate of drug-likeness (QED) is 0.870. The Kier molecular flexibility index (Phi) is 5.61. The zero-order chi connectivity index (χ0) is 15.3. The number of halogens is 2. The third-order valence-corrected chi connectivity index (χ3v) is 3.01. The van der Waals surface area contributed by atoms with Gasteiger partial charge in [0.25, 0.3) is 0 Å². The second-order valence-electron chi connectivity index (χ2n) is 4.76. The Hall–Kier alpha value is -1.98. The largest absolute Gasteiger partial charge is 0.481 e. The number of carboxylic acid groups (broad SMARTS) is 1. The molecule has 0 aromatic heterocycles. The molecule has 1 aromatic rings. The van der Waals surface area contributed by atoms with Crippen molar-refractivity contribution in [3.63, 3.8) is 0 Å². The third-order valence-electron chi connectivity index (χ3n) is 3.01. The average molecular weight is 285 g/mol. The normalized spacial score (nSPS) is 12.0. The number of carboxylic acids is 1. The van der Waals surface area contributed by atoms with Crippen molar-refractivity contribution in [3.05, 3.63) is 35.4 Å². The lowest BCUT2D eigenvalue weighted by Crippen LogP contribution is -2.33. The van der Waals surface area contributed by atoms with Gasteiger partial charge in [0, 0.05) is 20.0 Å². The van der Waals surface area contributed by atoms with E-state index >= 15 is 0 Å². The van der Waals surface area contributed by atoms with Crippen molar-refractivity contribution in [2.75, 3.05) is 13.6 Å². The van der Waals surface area contributed by atoms with Crippen LogP contribution in [0.5, 0.6) is 0 Å². The first-order valence-corrected chi connectivity index (χ1v) is 6.22. The highest BCUT2D eigenvalue weighted by molar-refractivity contribution is 5.77. The standard InChI is InChI=1S/C14H17F2NO3/c1-9(14(19)20)8-17(2)13(18)6-4-10-3-5-11(15)12(16)7-10/h3,5,7,9H,4,6,8H2,1-2H3,(H,19,20). The Labute approximate surface area is 116 Å². The van der Waals surface area contributed by atoms with Crippen molar-refractivity contribution in [2.45, 2.75) is 19.8 Å². The number of hydrogen-bond donors (Lipinski definition) is 1. The molecule has 4 nitrogen and oxygen atoms in total. The Morgan fingerprint density at radius 2 is 1.95 bits per heavy atom. The van der Waals surface area contributed by atoms with E-state index in [1.807, 2.05) is 0 Å². The van der Waals surface area contributed by atoms with Gasteiger partial charge in [0.2, 0.25) is 5.91 Å². The number of hydrogen-bond acceptors (Lipinski definition) is 2. The second-order valence-corrected chi connectivity index (χ2v) is 4.76. The van der Waals surface area contributed by atoms with Crippen LogP contribution in [0.4, 0.5) is 8.78 Å². The summed E-state index contributed by atoms with van der Waals surface area (Å²) in [5.74, 6) is -3.71. The van der Waals surface area contributed by atoms with Crippen LogP contribution in [0.25, 0.3) is 0 Å². The van der Waals surface area contributed by atoms with Crippen molar-refractivity contribution >= 4 is 11.9 Å². The van der Waals surface area contributed by atoms with Gasteiger partial charge >= 0.3 is 5.97 Å². The molecular weight excluding hydrogens is 268 g/mol. The molecular formula is C14H17F2NO3. The number of rotatable bonds is 6. The number of nitrogens with zero attached hydrogens (tertiary/aromatic N) is 1. The molecule has 1 rings (SSSR count). The molecule has 1 amide bonds. The molecule has 1 atom stereocenters. The summed E-state index contributed by atoms with van der Waals surface area (Å²) in [5, 5.41) is 8.76. The summed E-state index contributed by atoms with van der Waals surface area (Å²) in [4.78, 5) is 23.8. The van der Waals surface area contributed by atoms with Gasteiger partial charge < -0.3 is 10.0 Å². The molecule has 1 aromatic carbocycles. The lowest BCUT2D eigenvalue weighted by Gasteiger charge is -2.19. The smallest absolute Gasteiger partial charge is 0.308 e. The number of aryl methyl sites for hydroxylation is 1. The van der Waals surface area contributed by atoms with Crippen LogP contribution in [0, 0.1) is 17.6 Å². The summed E-state index contributed by atoms with van der Waals surface area (Å²) >= 11 is 0. The summed E-state index contributed by atoms with van der Waals surface area (Å²) in [6.07, 6.45) is 0.399. The number of benzene rings is 1. The van der Waals surface area contributed by atoms with Crippen molar-refractivity contribution in [3.8, 4) is 0 Å². The fraction of sp³-hybridized carbons (Fsp3) is 0.429. The van der Waals surface area contributed by atoms with Crippen LogP contribution in [0.1, 0.15) is 18.9 Å². The first-order valence-electron chi connectivity index (χ1n) is 6.22. The summed E-state index contributed by atoms with van der Waals surface area (Å²) in [6, 6.07) is 3.50. The molecule has 0 fully saturated rings. The van der Waals surface area contributed by atoms with Crippen LogP contribution in [0.2, 0.25) is 0 Å². The topological polar surface area (TPSA) is 57.6 Å². The van der Waals surface area contributed by atoms with Gasteiger partial charge in [-0.15, -0.1) is 0 Å². The highest BCUT2D eigenvalue weighted by atomic mass is 19.2. The number of aliphatic carboxylic acids is 1. The Balaban J connectivity index is 2.50. The fourth-order valence-electron chi connectivity index (χ4n) is 1.73.